The summed E-state index contributed by atoms with van der Waals surface area (Å²) in [6.45, 7) is 4.30. The van der Waals surface area contributed by atoms with Gasteiger partial charge in [0.05, 0.1) is 11.1 Å². The van der Waals surface area contributed by atoms with Gasteiger partial charge in [0.25, 0.3) is 5.91 Å². The summed E-state index contributed by atoms with van der Waals surface area (Å²) in [5.74, 6) is -0.460. The maximum absolute atomic E-state index is 12.5. The third kappa shape index (κ3) is 4.28. The van der Waals surface area contributed by atoms with Crippen molar-refractivity contribution in [1.82, 2.24) is 9.73 Å². The van der Waals surface area contributed by atoms with Crippen molar-refractivity contribution in [2.45, 2.75) is 18.7 Å². The van der Waals surface area contributed by atoms with Gasteiger partial charge in [-0.1, -0.05) is 19.9 Å². The average molecular weight is 365 g/mol. The Bertz CT molecular complexity index is 811. The van der Waals surface area contributed by atoms with Crippen LogP contribution in [0.5, 0.6) is 0 Å². The molecule has 1 amide bonds. The van der Waals surface area contributed by atoms with Crippen molar-refractivity contribution in [3.63, 3.8) is 0 Å². The molecule has 0 radical (unpaired) electrons. The molecule has 6 nitrogen and oxygen atoms in total. The van der Waals surface area contributed by atoms with E-state index in [2.05, 4.69) is 10.5 Å². The highest BCUT2D eigenvalue weighted by atomic mass is 32.2. The van der Waals surface area contributed by atoms with Crippen molar-refractivity contribution in [3.05, 3.63) is 52.2 Å². The fourth-order valence-corrected chi connectivity index (χ4v) is 4.20. The average Bonchev–Trinajstić information content (AvgIpc) is 3.09. The van der Waals surface area contributed by atoms with Gasteiger partial charge in [-0.3, -0.25) is 4.79 Å². The van der Waals surface area contributed by atoms with Crippen LogP contribution in [-0.4, -0.2) is 37.9 Å². The summed E-state index contributed by atoms with van der Waals surface area (Å²) in [5.41, 5.74) is 3.53. The van der Waals surface area contributed by atoms with Crippen LogP contribution in [0.3, 0.4) is 0 Å². The van der Waals surface area contributed by atoms with E-state index < -0.39 is 15.9 Å². The molecule has 2 rings (SSSR count). The zero-order valence-electron chi connectivity index (χ0n) is 13.5. The smallest absolute Gasteiger partial charge is 0.267 e. The molecule has 128 valence electrons. The molecule has 2 aromatic rings. The summed E-state index contributed by atoms with van der Waals surface area (Å²) < 4.78 is 26.4. The Kier molecular flexibility index (Phi) is 6.24. The summed E-state index contributed by atoms with van der Waals surface area (Å²) in [4.78, 5) is 12.2. The number of hydrogen-bond acceptors (Lipinski definition) is 5. The number of sulfonamides is 1. The Labute approximate surface area is 145 Å². The van der Waals surface area contributed by atoms with Gasteiger partial charge < -0.3 is 0 Å². The number of benzene rings is 1. The number of amides is 1. The first-order valence-electron chi connectivity index (χ1n) is 7.44. The minimum Gasteiger partial charge on any atom is -0.267 e. The fraction of sp³-hybridized carbons (Fsp3) is 0.250. The second-order valence-corrected chi connectivity index (χ2v) is 7.59. The Morgan fingerprint density at radius 2 is 2.04 bits per heavy atom. The van der Waals surface area contributed by atoms with Crippen LogP contribution in [0.25, 0.3) is 0 Å². The Morgan fingerprint density at radius 3 is 2.67 bits per heavy atom. The lowest BCUT2D eigenvalue weighted by atomic mass is 10.2. The Hall–Kier alpha value is -2.03. The summed E-state index contributed by atoms with van der Waals surface area (Å²) in [5, 5.41) is 7.67. The molecule has 0 fully saturated rings. The minimum absolute atomic E-state index is 0.0978. The fourth-order valence-electron chi connectivity index (χ4n) is 2.09. The summed E-state index contributed by atoms with van der Waals surface area (Å²) in [6, 6.07) is 7.82. The van der Waals surface area contributed by atoms with Crippen molar-refractivity contribution in [3.8, 4) is 0 Å². The van der Waals surface area contributed by atoms with E-state index >= 15 is 0 Å². The number of nitrogens with zero attached hydrogens (tertiary/aromatic N) is 2. The third-order valence-corrected chi connectivity index (χ3v) is 6.11. The van der Waals surface area contributed by atoms with E-state index in [-0.39, 0.29) is 10.5 Å². The third-order valence-electron chi connectivity index (χ3n) is 3.36. The molecular weight excluding hydrogens is 346 g/mol. The van der Waals surface area contributed by atoms with Gasteiger partial charge in [-0.25, -0.2) is 13.8 Å². The topological polar surface area (TPSA) is 78.8 Å². The molecule has 1 aromatic heterocycles. The lowest BCUT2D eigenvalue weighted by Crippen LogP contribution is -2.30. The summed E-state index contributed by atoms with van der Waals surface area (Å²) in [6.07, 6.45) is 1.53. The molecule has 0 saturated heterocycles. The molecule has 1 N–H and O–H groups in total. The summed E-state index contributed by atoms with van der Waals surface area (Å²) >= 11 is 1.53. The highest BCUT2D eigenvalue weighted by molar-refractivity contribution is 7.89. The highest BCUT2D eigenvalue weighted by Gasteiger charge is 2.22. The van der Waals surface area contributed by atoms with Crippen molar-refractivity contribution < 1.29 is 13.2 Å². The molecule has 1 heterocycles. The number of hydrogen-bond donors (Lipinski definition) is 1. The first-order valence-corrected chi connectivity index (χ1v) is 9.83. The van der Waals surface area contributed by atoms with Gasteiger partial charge in [0.1, 0.15) is 0 Å². The minimum atomic E-state index is -3.60. The van der Waals surface area contributed by atoms with Crippen LogP contribution in [0.1, 0.15) is 29.8 Å². The predicted molar refractivity (Wildman–Crippen MR) is 95.9 cm³/mol. The van der Waals surface area contributed by atoms with Crippen molar-refractivity contribution in [2.75, 3.05) is 13.1 Å². The number of hydrazone groups is 1. The van der Waals surface area contributed by atoms with E-state index in [1.807, 2.05) is 16.8 Å². The van der Waals surface area contributed by atoms with Gasteiger partial charge in [0.2, 0.25) is 10.0 Å². The van der Waals surface area contributed by atoms with Crippen molar-refractivity contribution >= 4 is 33.5 Å². The molecular formula is C16H19N3O3S2. The molecule has 0 unspecified atom stereocenters. The van der Waals surface area contributed by atoms with Crippen LogP contribution in [0.4, 0.5) is 0 Å². The molecule has 0 atom stereocenters. The molecule has 24 heavy (non-hydrogen) atoms. The van der Waals surface area contributed by atoms with E-state index in [1.54, 1.807) is 26.0 Å². The van der Waals surface area contributed by atoms with Gasteiger partial charge >= 0.3 is 0 Å². The molecule has 0 aliphatic rings. The molecule has 0 aliphatic heterocycles. The maximum Gasteiger partial charge on any atom is 0.271 e. The highest BCUT2D eigenvalue weighted by Crippen LogP contribution is 2.17. The van der Waals surface area contributed by atoms with Crippen LogP contribution < -0.4 is 5.43 Å². The van der Waals surface area contributed by atoms with Crippen LogP contribution in [0.2, 0.25) is 0 Å². The van der Waals surface area contributed by atoms with Crippen LogP contribution in [-0.2, 0) is 10.0 Å². The lowest BCUT2D eigenvalue weighted by Gasteiger charge is -2.18. The van der Waals surface area contributed by atoms with Crippen LogP contribution in [0.15, 0.2) is 51.1 Å². The van der Waals surface area contributed by atoms with Gasteiger partial charge in [-0.15, -0.1) is 0 Å². The zero-order valence-corrected chi connectivity index (χ0v) is 15.1. The molecule has 1 aromatic carbocycles. The standard InChI is InChI=1S/C16H19N3O3S2/c1-3-19(4-2)24(21,22)15-7-5-6-14(10-15)16(20)18-17-11-13-8-9-23-12-13/h5-12H,3-4H2,1-2H3,(H,18,20)/b17-11-. The predicted octanol–water partition coefficient (Wildman–Crippen LogP) is 2.54. The monoisotopic (exact) mass is 365 g/mol. The maximum atomic E-state index is 12.5. The molecule has 0 bridgehead atoms. The van der Waals surface area contributed by atoms with Crippen molar-refractivity contribution in [2.24, 2.45) is 5.10 Å². The van der Waals surface area contributed by atoms with Crippen molar-refractivity contribution in [1.29, 1.82) is 0 Å². The SMILES string of the molecule is CCN(CC)S(=O)(=O)c1cccc(C(=O)N/N=C\c2ccsc2)c1. The van der Waals surface area contributed by atoms with Gasteiger partial charge in [0.15, 0.2) is 0 Å². The lowest BCUT2D eigenvalue weighted by molar-refractivity contribution is 0.0955. The second kappa shape index (κ2) is 8.18. The zero-order chi connectivity index (χ0) is 17.6. The Morgan fingerprint density at radius 1 is 1.29 bits per heavy atom. The van der Waals surface area contributed by atoms with E-state index in [1.165, 1.54) is 34.0 Å². The van der Waals surface area contributed by atoms with Crippen LogP contribution in [0, 0.1) is 0 Å². The second-order valence-electron chi connectivity index (χ2n) is 4.87. The quantitative estimate of drug-likeness (QED) is 0.605. The number of carbonyl (C=O) groups excluding carboxylic acids is 1. The van der Waals surface area contributed by atoms with Crippen LogP contribution >= 0.6 is 11.3 Å². The first-order chi connectivity index (χ1) is 11.5. The normalized spacial score (nSPS) is 12.0. The number of nitrogens with one attached hydrogen (secondary N) is 1. The molecule has 0 spiro atoms. The summed E-state index contributed by atoms with van der Waals surface area (Å²) in [7, 11) is -3.60. The van der Waals surface area contributed by atoms with E-state index in [0.29, 0.717) is 13.1 Å². The number of thiophene rings is 1. The van der Waals surface area contributed by atoms with Gasteiger partial charge in [0, 0.05) is 24.2 Å². The first kappa shape index (κ1) is 18.3. The Balaban J connectivity index is 2.16. The number of rotatable bonds is 7. The van der Waals surface area contributed by atoms with E-state index in [4.69, 9.17) is 0 Å². The largest absolute Gasteiger partial charge is 0.271 e. The van der Waals surface area contributed by atoms with Gasteiger partial charge in [-0.2, -0.15) is 20.7 Å². The number of carbonyl (C=O) groups is 1. The molecule has 0 aliphatic carbocycles. The van der Waals surface area contributed by atoms with E-state index in [0.717, 1.165) is 5.56 Å². The molecule has 0 saturated carbocycles. The van der Waals surface area contributed by atoms with Gasteiger partial charge in [-0.05, 0) is 35.0 Å². The van der Waals surface area contributed by atoms with E-state index in [9.17, 15) is 13.2 Å². The molecule has 8 heteroatoms.